The van der Waals surface area contributed by atoms with E-state index in [1.807, 2.05) is 13.8 Å². The molecule has 1 aliphatic heterocycles. The smallest absolute Gasteiger partial charge is 0.237 e. The predicted octanol–water partition coefficient (Wildman–Crippen LogP) is 3.33. The van der Waals surface area contributed by atoms with Gasteiger partial charge in [-0.15, -0.1) is 10.2 Å². The monoisotopic (exact) mass is 434 g/mol. The number of ether oxygens (including phenoxy) is 2. The molecule has 1 aromatic heterocycles. The van der Waals surface area contributed by atoms with Gasteiger partial charge in [0.15, 0.2) is 15.8 Å². The molecule has 0 spiro atoms. The molecule has 0 unspecified atom stereocenters. The van der Waals surface area contributed by atoms with Gasteiger partial charge in [-0.3, -0.25) is 14.5 Å². The summed E-state index contributed by atoms with van der Waals surface area (Å²) in [5.74, 6) is 1.22. The van der Waals surface area contributed by atoms with Gasteiger partial charge < -0.3 is 14.8 Å². The van der Waals surface area contributed by atoms with Crippen LogP contribution in [0.15, 0.2) is 22.5 Å². The molecule has 2 amide bonds. The number of nitrogens with zero attached hydrogens (tertiary/aromatic N) is 3. The molecule has 2 aromatic rings. The number of aromatic nitrogens is 2. The van der Waals surface area contributed by atoms with E-state index in [1.54, 1.807) is 23.1 Å². The van der Waals surface area contributed by atoms with Crippen molar-refractivity contribution < 1.29 is 19.1 Å². The van der Waals surface area contributed by atoms with E-state index in [1.165, 1.54) is 23.1 Å². The molecular formula is C19H22N4O4S2. The second kappa shape index (κ2) is 8.58. The molecule has 1 atom stereocenters. The van der Waals surface area contributed by atoms with Crippen molar-refractivity contribution >= 4 is 45.7 Å². The van der Waals surface area contributed by atoms with Crippen LogP contribution in [0.5, 0.6) is 11.5 Å². The minimum absolute atomic E-state index is 0.0598. The van der Waals surface area contributed by atoms with Gasteiger partial charge in [-0.05, 0) is 31.9 Å². The van der Waals surface area contributed by atoms with Crippen LogP contribution in [0, 0.1) is 0 Å². The van der Waals surface area contributed by atoms with Crippen LogP contribution in [-0.2, 0) is 9.59 Å². The Morgan fingerprint density at radius 2 is 2.03 bits per heavy atom. The Balaban J connectivity index is 1.38. The highest BCUT2D eigenvalue weighted by Gasteiger charge is 2.35. The van der Waals surface area contributed by atoms with Crippen molar-refractivity contribution in [3.05, 3.63) is 18.2 Å². The first kappa shape index (κ1) is 20.0. The minimum atomic E-state index is -0.375. The Kier molecular flexibility index (Phi) is 5.91. The number of amides is 2. The van der Waals surface area contributed by atoms with Crippen molar-refractivity contribution in [1.29, 1.82) is 0 Å². The summed E-state index contributed by atoms with van der Waals surface area (Å²) in [6, 6.07) is 5.58. The molecule has 0 saturated heterocycles. The highest BCUT2D eigenvalue weighted by molar-refractivity contribution is 8.02. The second-order valence-electron chi connectivity index (χ2n) is 6.81. The van der Waals surface area contributed by atoms with Crippen LogP contribution in [0.1, 0.15) is 33.1 Å². The van der Waals surface area contributed by atoms with E-state index in [0.29, 0.717) is 46.3 Å². The van der Waals surface area contributed by atoms with Gasteiger partial charge in [0.25, 0.3) is 0 Å². The first-order chi connectivity index (χ1) is 14.0. The molecule has 10 heteroatoms. The van der Waals surface area contributed by atoms with Gasteiger partial charge in [0.2, 0.25) is 16.9 Å². The van der Waals surface area contributed by atoms with E-state index in [0.717, 1.165) is 12.8 Å². The number of anilines is 2. The zero-order valence-electron chi connectivity index (χ0n) is 16.2. The lowest BCUT2D eigenvalue weighted by atomic mass is 10.2. The number of rotatable bonds is 7. The van der Waals surface area contributed by atoms with Gasteiger partial charge in [0, 0.05) is 24.2 Å². The largest absolute Gasteiger partial charge is 0.486 e. The third-order valence-corrected chi connectivity index (χ3v) is 6.65. The van der Waals surface area contributed by atoms with E-state index in [2.05, 4.69) is 15.5 Å². The van der Waals surface area contributed by atoms with Crippen molar-refractivity contribution in [1.82, 2.24) is 10.2 Å². The van der Waals surface area contributed by atoms with Crippen LogP contribution in [0.2, 0.25) is 0 Å². The average Bonchev–Trinajstić information content (AvgIpc) is 3.46. The molecule has 154 valence electrons. The summed E-state index contributed by atoms with van der Waals surface area (Å²) in [4.78, 5) is 26.6. The number of carbonyl (C=O) groups is 2. The van der Waals surface area contributed by atoms with Crippen LogP contribution in [0.4, 0.5) is 10.8 Å². The predicted molar refractivity (Wildman–Crippen MR) is 112 cm³/mol. The first-order valence-electron chi connectivity index (χ1n) is 9.58. The van der Waals surface area contributed by atoms with E-state index >= 15 is 0 Å². The van der Waals surface area contributed by atoms with Gasteiger partial charge in [-0.1, -0.05) is 30.0 Å². The number of nitrogens with one attached hydrogen (secondary N) is 1. The standard InChI is InChI=1S/C19H22N4O4S2/c1-3-16(24)23(13-5-6-13)18-21-22-19(29-18)28-11(2)17(25)20-12-4-7-14-15(10-12)27-9-8-26-14/h4,7,10-11,13H,3,5-6,8-9H2,1-2H3,(H,20,25)/t11-/m1/s1. The van der Waals surface area contributed by atoms with Gasteiger partial charge in [0.05, 0.1) is 5.25 Å². The summed E-state index contributed by atoms with van der Waals surface area (Å²) >= 11 is 2.68. The fourth-order valence-electron chi connectivity index (χ4n) is 2.89. The van der Waals surface area contributed by atoms with Gasteiger partial charge >= 0.3 is 0 Å². The molecule has 0 radical (unpaired) electrons. The van der Waals surface area contributed by atoms with Gasteiger partial charge in [-0.2, -0.15) is 0 Å². The third-order valence-electron chi connectivity index (χ3n) is 4.54. The number of thioether (sulfide) groups is 1. The molecule has 1 aromatic carbocycles. The highest BCUT2D eigenvalue weighted by atomic mass is 32.2. The molecular weight excluding hydrogens is 412 g/mol. The lowest BCUT2D eigenvalue weighted by Gasteiger charge is -2.19. The molecule has 1 N–H and O–H groups in total. The van der Waals surface area contributed by atoms with Crippen LogP contribution >= 0.6 is 23.1 Å². The molecule has 2 aliphatic rings. The SMILES string of the molecule is CCC(=O)N(c1nnc(S[C@H](C)C(=O)Nc2ccc3c(c2)OCCO3)s1)C1CC1. The lowest BCUT2D eigenvalue weighted by molar-refractivity contribution is -0.118. The summed E-state index contributed by atoms with van der Waals surface area (Å²) in [5, 5.41) is 11.5. The van der Waals surface area contributed by atoms with Crippen LogP contribution < -0.4 is 19.7 Å². The van der Waals surface area contributed by atoms with Crippen molar-refractivity contribution in [2.75, 3.05) is 23.4 Å². The van der Waals surface area contributed by atoms with Gasteiger partial charge in [-0.25, -0.2) is 0 Å². The van der Waals surface area contributed by atoms with Crippen molar-refractivity contribution in [2.24, 2.45) is 0 Å². The molecule has 8 nitrogen and oxygen atoms in total. The molecule has 4 rings (SSSR count). The maximum absolute atomic E-state index is 12.6. The highest BCUT2D eigenvalue weighted by Crippen LogP contribution is 2.37. The van der Waals surface area contributed by atoms with Crippen LogP contribution in [0.3, 0.4) is 0 Å². The maximum atomic E-state index is 12.6. The molecule has 1 aliphatic carbocycles. The van der Waals surface area contributed by atoms with E-state index in [-0.39, 0.29) is 23.1 Å². The Bertz CT molecular complexity index is 915. The van der Waals surface area contributed by atoms with E-state index in [4.69, 9.17) is 9.47 Å². The summed E-state index contributed by atoms with van der Waals surface area (Å²) in [6.45, 7) is 4.68. The Morgan fingerprint density at radius 3 is 2.76 bits per heavy atom. The molecule has 29 heavy (non-hydrogen) atoms. The summed E-state index contributed by atoms with van der Waals surface area (Å²) < 4.78 is 11.7. The quantitative estimate of drug-likeness (QED) is 0.528. The van der Waals surface area contributed by atoms with E-state index < -0.39 is 0 Å². The van der Waals surface area contributed by atoms with Crippen LogP contribution in [-0.4, -0.2) is 46.5 Å². The number of fused-ring (bicyclic) bond motifs is 1. The first-order valence-corrected chi connectivity index (χ1v) is 11.3. The molecule has 1 fully saturated rings. The lowest BCUT2D eigenvalue weighted by Crippen LogP contribution is -2.32. The number of hydrogen-bond donors (Lipinski definition) is 1. The number of hydrogen-bond acceptors (Lipinski definition) is 8. The summed E-state index contributed by atoms with van der Waals surface area (Å²) in [7, 11) is 0. The Morgan fingerprint density at radius 1 is 1.28 bits per heavy atom. The zero-order chi connectivity index (χ0) is 20.4. The summed E-state index contributed by atoms with van der Waals surface area (Å²) in [5.41, 5.74) is 0.651. The van der Waals surface area contributed by atoms with Gasteiger partial charge in [0.1, 0.15) is 13.2 Å². The maximum Gasteiger partial charge on any atom is 0.237 e. The Hall–Kier alpha value is -2.33. The number of benzene rings is 1. The van der Waals surface area contributed by atoms with Crippen LogP contribution in [0.25, 0.3) is 0 Å². The molecule has 1 saturated carbocycles. The fourth-order valence-corrected chi connectivity index (χ4v) is 4.96. The normalized spacial score (nSPS) is 16.2. The Labute approximate surface area is 177 Å². The minimum Gasteiger partial charge on any atom is -0.486 e. The zero-order valence-corrected chi connectivity index (χ0v) is 17.8. The van der Waals surface area contributed by atoms with Crippen molar-refractivity contribution in [3.8, 4) is 11.5 Å². The third kappa shape index (κ3) is 4.64. The van der Waals surface area contributed by atoms with E-state index in [9.17, 15) is 9.59 Å². The van der Waals surface area contributed by atoms with Crippen molar-refractivity contribution in [2.45, 2.75) is 48.7 Å². The van der Waals surface area contributed by atoms with Crippen molar-refractivity contribution in [3.63, 3.8) is 0 Å². The topological polar surface area (TPSA) is 93.7 Å². The summed E-state index contributed by atoms with van der Waals surface area (Å²) in [6.07, 6.45) is 2.44. The fraction of sp³-hybridized carbons (Fsp3) is 0.474. The molecule has 0 bridgehead atoms. The number of carbonyl (C=O) groups excluding carboxylic acids is 2. The molecule has 2 heterocycles. The average molecular weight is 435 g/mol. The second-order valence-corrected chi connectivity index (χ2v) is 9.35.